The van der Waals surface area contributed by atoms with Gasteiger partial charge in [-0.25, -0.2) is 14.8 Å². The number of methoxy groups -OCH3 is 1. The molecule has 0 bridgehead atoms. The molecule has 0 aliphatic heterocycles. The lowest BCUT2D eigenvalue weighted by atomic mass is 10.2. The van der Waals surface area contributed by atoms with Gasteiger partial charge >= 0.3 is 5.97 Å². The largest absolute Gasteiger partial charge is 0.463 e. The van der Waals surface area contributed by atoms with E-state index in [9.17, 15) is 4.79 Å². The maximum absolute atomic E-state index is 11.6. The molecular weight excluding hydrogens is 344 g/mol. The van der Waals surface area contributed by atoms with Crippen LogP contribution in [0.25, 0.3) is 10.2 Å². The number of rotatable bonds is 4. The molecule has 1 aliphatic rings. The number of thioether (sulfide) groups is 1. The van der Waals surface area contributed by atoms with Crippen LogP contribution >= 0.6 is 23.1 Å². The van der Waals surface area contributed by atoms with Crippen molar-refractivity contribution >= 4 is 39.3 Å². The number of furan rings is 1. The van der Waals surface area contributed by atoms with E-state index in [1.54, 1.807) is 29.4 Å². The van der Waals surface area contributed by atoms with Crippen molar-refractivity contribution in [3.8, 4) is 0 Å². The molecule has 0 fully saturated rings. The van der Waals surface area contributed by atoms with Crippen LogP contribution in [0.4, 0.5) is 0 Å². The van der Waals surface area contributed by atoms with Gasteiger partial charge in [0.1, 0.15) is 21.9 Å². The van der Waals surface area contributed by atoms with Gasteiger partial charge in [-0.3, -0.25) is 0 Å². The number of aryl methyl sites for hydroxylation is 3. The number of ether oxygens (including phenoxy) is 1. The highest BCUT2D eigenvalue weighted by atomic mass is 32.2. The zero-order valence-electron chi connectivity index (χ0n) is 13.4. The molecule has 3 aromatic rings. The SMILES string of the molecule is COC(=O)c1oc(CSc2ncnc3sc4c(c23)CCC4)cc1C. The molecule has 4 rings (SSSR count). The van der Waals surface area contributed by atoms with Crippen molar-refractivity contribution in [1.29, 1.82) is 0 Å². The average molecular weight is 360 g/mol. The lowest BCUT2D eigenvalue weighted by Gasteiger charge is -2.02. The minimum absolute atomic E-state index is 0.275. The van der Waals surface area contributed by atoms with Gasteiger partial charge in [0.25, 0.3) is 0 Å². The summed E-state index contributed by atoms with van der Waals surface area (Å²) in [5.41, 5.74) is 2.21. The Morgan fingerprint density at radius 2 is 2.29 bits per heavy atom. The van der Waals surface area contributed by atoms with Gasteiger partial charge in [0.15, 0.2) is 0 Å². The number of hydrogen-bond acceptors (Lipinski definition) is 7. The highest BCUT2D eigenvalue weighted by Gasteiger charge is 2.22. The maximum atomic E-state index is 11.6. The number of hydrogen-bond donors (Lipinski definition) is 0. The second kappa shape index (κ2) is 6.22. The van der Waals surface area contributed by atoms with Crippen LogP contribution in [0.1, 0.15) is 38.7 Å². The Kier molecular flexibility index (Phi) is 4.05. The number of nitrogens with zero attached hydrogens (tertiary/aromatic N) is 2. The van der Waals surface area contributed by atoms with E-state index in [0.29, 0.717) is 5.75 Å². The highest BCUT2D eigenvalue weighted by molar-refractivity contribution is 7.98. The van der Waals surface area contributed by atoms with Crippen LogP contribution in [0.5, 0.6) is 0 Å². The zero-order valence-corrected chi connectivity index (χ0v) is 15.1. The molecule has 7 heteroatoms. The second-order valence-corrected chi connectivity index (χ2v) is 7.77. The number of fused-ring (bicyclic) bond motifs is 3. The summed E-state index contributed by atoms with van der Waals surface area (Å²) in [4.78, 5) is 23.1. The predicted molar refractivity (Wildman–Crippen MR) is 93.8 cm³/mol. The van der Waals surface area contributed by atoms with E-state index in [2.05, 4.69) is 9.97 Å². The predicted octanol–water partition coefficient (Wildman–Crippen LogP) is 4.16. The quantitative estimate of drug-likeness (QED) is 0.395. The fourth-order valence-corrected chi connectivity index (χ4v) is 5.26. The fraction of sp³-hybridized carbons (Fsp3) is 0.353. The molecule has 3 heterocycles. The second-order valence-electron chi connectivity index (χ2n) is 5.72. The lowest BCUT2D eigenvalue weighted by Crippen LogP contribution is -2.00. The molecule has 0 amide bonds. The molecule has 5 nitrogen and oxygen atoms in total. The van der Waals surface area contributed by atoms with E-state index in [0.717, 1.165) is 34.0 Å². The monoisotopic (exact) mass is 360 g/mol. The van der Waals surface area contributed by atoms with Crippen molar-refractivity contribution in [3.63, 3.8) is 0 Å². The summed E-state index contributed by atoms with van der Waals surface area (Å²) in [7, 11) is 1.35. The lowest BCUT2D eigenvalue weighted by molar-refractivity contribution is 0.0562. The van der Waals surface area contributed by atoms with Gasteiger partial charge < -0.3 is 9.15 Å². The van der Waals surface area contributed by atoms with E-state index < -0.39 is 5.97 Å². The standard InChI is InChI=1S/C17H16N2O3S2/c1-9-6-10(22-14(9)17(20)21-2)7-23-15-13-11-4-3-5-12(11)24-16(13)19-8-18-15/h6,8H,3-5,7H2,1-2H3. The maximum Gasteiger partial charge on any atom is 0.374 e. The third-order valence-corrected chi connectivity index (χ3v) is 6.37. The van der Waals surface area contributed by atoms with Gasteiger partial charge in [0.05, 0.1) is 12.9 Å². The molecule has 0 spiro atoms. The summed E-state index contributed by atoms with van der Waals surface area (Å²) in [6.07, 6.45) is 5.11. The topological polar surface area (TPSA) is 65.2 Å². The Morgan fingerprint density at radius 3 is 3.12 bits per heavy atom. The minimum Gasteiger partial charge on any atom is -0.463 e. The zero-order chi connectivity index (χ0) is 16.7. The Hall–Kier alpha value is -1.86. The molecule has 0 saturated heterocycles. The molecule has 0 unspecified atom stereocenters. The molecular formula is C17H16N2O3S2. The van der Waals surface area contributed by atoms with Gasteiger partial charge in [-0.1, -0.05) is 11.8 Å². The number of thiophene rings is 1. The number of carbonyl (C=O) groups excluding carboxylic acids is 1. The summed E-state index contributed by atoms with van der Waals surface area (Å²) < 4.78 is 10.4. The third kappa shape index (κ3) is 2.61. The van der Waals surface area contributed by atoms with E-state index in [4.69, 9.17) is 9.15 Å². The first-order valence-electron chi connectivity index (χ1n) is 7.73. The van der Waals surface area contributed by atoms with Crippen molar-refractivity contribution in [2.24, 2.45) is 0 Å². The van der Waals surface area contributed by atoms with Crippen LogP contribution in [-0.4, -0.2) is 23.0 Å². The van der Waals surface area contributed by atoms with E-state index in [-0.39, 0.29) is 5.76 Å². The number of esters is 1. The van der Waals surface area contributed by atoms with Crippen molar-refractivity contribution < 1.29 is 13.9 Å². The first-order valence-corrected chi connectivity index (χ1v) is 9.53. The van der Waals surface area contributed by atoms with Gasteiger partial charge in [0, 0.05) is 15.8 Å². The molecule has 24 heavy (non-hydrogen) atoms. The van der Waals surface area contributed by atoms with Crippen LogP contribution in [0, 0.1) is 6.92 Å². The average Bonchev–Trinajstić information content (AvgIpc) is 3.26. The summed E-state index contributed by atoms with van der Waals surface area (Å²) in [6.45, 7) is 1.85. The Labute approximate surface area is 147 Å². The Balaban J connectivity index is 1.61. The van der Waals surface area contributed by atoms with Crippen LogP contribution < -0.4 is 0 Å². The first kappa shape index (κ1) is 15.7. The first-order chi connectivity index (χ1) is 11.7. The molecule has 3 aromatic heterocycles. The summed E-state index contributed by atoms with van der Waals surface area (Å²) in [5, 5.41) is 2.20. The Morgan fingerprint density at radius 1 is 1.42 bits per heavy atom. The van der Waals surface area contributed by atoms with E-state index >= 15 is 0 Å². The normalized spacial score (nSPS) is 13.4. The fourth-order valence-electron chi connectivity index (χ4n) is 3.06. The minimum atomic E-state index is -0.441. The third-order valence-electron chi connectivity index (χ3n) is 4.16. The molecule has 0 radical (unpaired) electrons. The van der Waals surface area contributed by atoms with Crippen LogP contribution in [0.3, 0.4) is 0 Å². The Bertz CT molecular complexity index is 929. The van der Waals surface area contributed by atoms with Crippen molar-refractivity contribution in [1.82, 2.24) is 9.97 Å². The van der Waals surface area contributed by atoms with Gasteiger partial charge in [-0.2, -0.15) is 0 Å². The van der Waals surface area contributed by atoms with E-state index in [1.807, 2.05) is 13.0 Å². The van der Waals surface area contributed by atoms with Gasteiger partial charge in [0.2, 0.25) is 5.76 Å². The van der Waals surface area contributed by atoms with Crippen molar-refractivity contribution in [2.75, 3.05) is 7.11 Å². The van der Waals surface area contributed by atoms with Gasteiger partial charge in [-0.15, -0.1) is 11.3 Å². The molecule has 0 N–H and O–H groups in total. The molecule has 124 valence electrons. The number of aromatic nitrogens is 2. The van der Waals surface area contributed by atoms with Crippen molar-refractivity contribution in [3.05, 3.63) is 39.9 Å². The highest BCUT2D eigenvalue weighted by Crippen LogP contribution is 2.40. The van der Waals surface area contributed by atoms with Crippen molar-refractivity contribution in [2.45, 2.75) is 37.0 Å². The van der Waals surface area contributed by atoms with Crippen LogP contribution in [-0.2, 0) is 23.3 Å². The summed E-state index contributed by atoms with van der Waals surface area (Å²) in [5.74, 6) is 1.20. The van der Waals surface area contributed by atoms with E-state index in [1.165, 1.54) is 29.4 Å². The summed E-state index contributed by atoms with van der Waals surface area (Å²) >= 11 is 3.41. The number of carbonyl (C=O) groups is 1. The van der Waals surface area contributed by atoms with Crippen LogP contribution in [0.2, 0.25) is 0 Å². The summed E-state index contributed by atoms with van der Waals surface area (Å²) in [6, 6.07) is 1.88. The van der Waals surface area contributed by atoms with Crippen LogP contribution in [0.15, 0.2) is 21.8 Å². The molecule has 0 saturated carbocycles. The molecule has 1 aliphatic carbocycles. The van der Waals surface area contributed by atoms with Gasteiger partial charge in [-0.05, 0) is 37.8 Å². The molecule has 0 aromatic carbocycles. The smallest absolute Gasteiger partial charge is 0.374 e. The molecule has 0 atom stereocenters.